The van der Waals surface area contributed by atoms with Crippen LogP contribution in [-0.4, -0.2) is 39.4 Å². The summed E-state index contributed by atoms with van der Waals surface area (Å²) in [5.74, 6) is 2.03. The third kappa shape index (κ3) is 2.97. The summed E-state index contributed by atoms with van der Waals surface area (Å²) in [4.78, 5) is 11.2. The molecule has 1 aliphatic rings. The fourth-order valence-electron chi connectivity index (χ4n) is 2.53. The Balaban J connectivity index is 1.93. The number of rotatable bonds is 2. The first kappa shape index (κ1) is 15.0. The molecule has 6 heteroatoms. The number of hydrogen-bond donors (Lipinski definition) is 1. The highest BCUT2D eigenvalue weighted by molar-refractivity contribution is 5.69. The molecule has 0 radical (unpaired) electrons. The van der Waals surface area contributed by atoms with Gasteiger partial charge in [-0.1, -0.05) is 25.9 Å². The second-order valence-corrected chi connectivity index (χ2v) is 6.77. The monoisotopic (exact) mass is 302 g/mol. The second kappa shape index (κ2) is 5.68. The predicted molar refractivity (Wildman–Crippen MR) is 83.7 cm³/mol. The molecule has 1 N–H and O–H groups in total. The van der Waals surface area contributed by atoms with Gasteiger partial charge in [0.25, 0.3) is 5.89 Å². The van der Waals surface area contributed by atoms with Crippen molar-refractivity contribution in [2.24, 2.45) is 0 Å². The molecule has 2 aromatic rings. The Morgan fingerprint density at radius 2 is 2.00 bits per heavy atom. The lowest BCUT2D eigenvalue weighted by atomic mass is 9.96. The number of nitrogens with zero attached hydrogens (tertiary/aromatic N) is 4. The van der Waals surface area contributed by atoms with Crippen LogP contribution in [0.3, 0.4) is 0 Å². The Hall–Kier alpha value is -1.95. The average molecular weight is 302 g/mol. The molecule has 2 aromatic heterocycles. The summed E-state index contributed by atoms with van der Waals surface area (Å²) in [7, 11) is 0. The van der Waals surface area contributed by atoms with Gasteiger partial charge in [-0.3, -0.25) is 0 Å². The van der Waals surface area contributed by atoms with Crippen molar-refractivity contribution in [1.29, 1.82) is 0 Å². The Kier molecular flexibility index (Phi) is 3.87. The Morgan fingerprint density at radius 3 is 2.64 bits per heavy atom. The van der Waals surface area contributed by atoms with Crippen molar-refractivity contribution >= 4 is 5.82 Å². The van der Waals surface area contributed by atoms with E-state index in [2.05, 4.69) is 40.8 Å². The number of aliphatic hydroxyl groups is 1. The Morgan fingerprint density at radius 1 is 1.27 bits per heavy atom. The second-order valence-electron chi connectivity index (χ2n) is 6.77. The van der Waals surface area contributed by atoms with Crippen LogP contribution in [0.15, 0.2) is 22.9 Å². The number of piperidine rings is 1. The highest BCUT2D eigenvalue weighted by Gasteiger charge is 2.25. The van der Waals surface area contributed by atoms with Crippen molar-refractivity contribution in [3.63, 3.8) is 0 Å². The summed E-state index contributed by atoms with van der Waals surface area (Å²) in [6, 6.07) is 3.83. The van der Waals surface area contributed by atoms with Gasteiger partial charge in [-0.25, -0.2) is 4.98 Å². The van der Waals surface area contributed by atoms with Crippen LogP contribution < -0.4 is 4.90 Å². The quantitative estimate of drug-likeness (QED) is 0.918. The van der Waals surface area contributed by atoms with Crippen molar-refractivity contribution in [3.8, 4) is 11.5 Å². The largest absolute Gasteiger partial charge is 0.393 e. The van der Waals surface area contributed by atoms with Crippen LogP contribution in [0.1, 0.15) is 39.4 Å². The van der Waals surface area contributed by atoms with E-state index in [0.29, 0.717) is 11.7 Å². The summed E-state index contributed by atoms with van der Waals surface area (Å²) in [6.07, 6.45) is 3.07. The Labute approximate surface area is 130 Å². The van der Waals surface area contributed by atoms with Crippen molar-refractivity contribution in [2.45, 2.75) is 45.1 Å². The van der Waals surface area contributed by atoms with Gasteiger partial charge in [0.15, 0.2) is 5.82 Å². The van der Waals surface area contributed by atoms with Gasteiger partial charge >= 0.3 is 0 Å². The van der Waals surface area contributed by atoms with Crippen molar-refractivity contribution < 1.29 is 9.63 Å². The van der Waals surface area contributed by atoms with Gasteiger partial charge in [0.05, 0.1) is 11.7 Å². The van der Waals surface area contributed by atoms with E-state index in [9.17, 15) is 5.11 Å². The van der Waals surface area contributed by atoms with E-state index < -0.39 is 0 Å². The van der Waals surface area contributed by atoms with E-state index in [1.807, 2.05) is 12.1 Å². The van der Waals surface area contributed by atoms with E-state index in [0.717, 1.165) is 37.3 Å². The molecule has 118 valence electrons. The van der Waals surface area contributed by atoms with Crippen molar-refractivity contribution in [2.75, 3.05) is 18.0 Å². The van der Waals surface area contributed by atoms with E-state index in [1.165, 1.54) is 0 Å². The topological polar surface area (TPSA) is 75.3 Å². The molecule has 6 nitrogen and oxygen atoms in total. The van der Waals surface area contributed by atoms with Crippen LogP contribution in [-0.2, 0) is 5.41 Å². The smallest absolute Gasteiger partial charge is 0.261 e. The minimum absolute atomic E-state index is 0.153. The lowest BCUT2D eigenvalue weighted by Crippen LogP contribution is -2.36. The first-order valence-corrected chi connectivity index (χ1v) is 7.68. The summed E-state index contributed by atoms with van der Waals surface area (Å²) in [5, 5.41) is 13.8. The first-order valence-electron chi connectivity index (χ1n) is 7.68. The number of hydrogen-bond acceptors (Lipinski definition) is 6. The summed E-state index contributed by atoms with van der Waals surface area (Å²) >= 11 is 0. The molecule has 0 aromatic carbocycles. The molecule has 3 heterocycles. The molecular weight excluding hydrogens is 280 g/mol. The van der Waals surface area contributed by atoms with Crippen LogP contribution >= 0.6 is 0 Å². The molecule has 22 heavy (non-hydrogen) atoms. The normalized spacial score (nSPS) is 17.0. The fraction of sp³-hybridized carbons (Fsp3) is 0.562. The molecule has 1 saturated heterocycles. The van der Waals surface area contributed by atoms with Gasteiger partial charge in [0.1, 0.15) is 5.82 Å². The fourth-order valence-corrected chi connectivity index (χ4v) is 2.53. The minimum atomic E-state index is -0.209. The number of pyridine rings is 1. The van der Waals surface area contributed by atoms with E-state index in [4.69, 9.17) is 4.52 Å². The lowest BCUT2D eigenvalue weighted by molar-refractivity contribution is 0.145. The van der Waals surface area contributed by atoms with Gasteiger partial charge < -0.3 is 14.5 Å². The standard InChI is InChI=1S/C16H22N4O2/c1-16(2,3)15-18-14(22-19-15)12-5-4-8-17-13(12)20-9-6-11(21)7-10-20/h4-5,8,11,21H,6-7,9-10H2,1-3H3. The minimum Gasteiger partial charge on any atom is -0.393 e. The maximum absolute atomic E-state index is 9.67. The van der Waals surface area contributed by atoms with Gasteiger partial charge in [-0.15, -0.1) is 0 Å². The molecule has 1 fully saturated rings. The zero-order valence-corrected chi connectivity index (χ0v) is 13.3. The van der Waals surface area contributed by atoms with Crippen molar-refractivity contribution in [1.82, 2.24) is 15.1 Å². The van der Waals surface area contributed by atoms with Gasteiger partial charge in [-0.2, -0.15) is 4.98 Å². The average Bonchev–Trinajstić information content (AvgIpc) is 2.98. The maximum atomic E-state index is 9.67. The third-order valence-corrected chi connectivity index (χ3v) is 3.88. The van der Waals surface area contributed by atoms with E-state index in [1.54, 1.807) is 6.20 Å². The molecular formula is C16H22N4O2. The van der Waals surface area contributed by atoms with Crippen molar-refractivity contribution in [3.05, 3.63) is 24.2 Å². The summed E-state index contributed by atoms with van der Waals surface area (Å²) in [5.41, 5.74) is 0.696. The molecule has 1 aliphatic heterocycles. The number of aromatic nitrogens is 3. The predicted octanol–water partition coefficient (Wildman–Crippen LogP) is 2.39. The van der Waals surface area contributed by atoms with E-state index in [-0.39, 0.29) is 11.5 Å². The Bertz CT molecular complexity index is 640. The van der Waals surface area contributed by atoms with Crippen LogP contribution in [0.25, 0.3) is 11.5 Å². The third-order valence-electron chi connectivity index (χ3n) is 3.88. The van der Waals surface area contributed by atoms with Crippen LogP contribution in [0, 0.1) is 0 Å². The zero-order valence-electron chi connectivity index (χ0n) is 13.3. The van der Waals surface area contributed by atoms with Crippen LogP contribution in [0.5, 0.6) is 0 Å². The molecule has 0 bridgehead atoms. The van der Waals surface area contributed by atoms with E-state index >= 15 is 0 Å². The molecule has 0 saturated carbocycles. The summed E-state index contributed by atoms with van der Waals surface area (Å²) < 4.78 is 5.45. The molecule has 0 amide bonds. The van der Waals surface area contributed by atoms with Gasteiger partial charge in [-0.05, 0) is 25.0 Å². The molecule has 0 atom stereocenters. The lowest BCUT2D eigenvalue weighted by Gasteiger charge is -2.31. The highest BCUT2D eigenvalue weighted by atomic mass is 16.5. The van der Waals surface area contributed by atoms with Gasteiger partial charge in [0, 0.05) is 24.7 Å². The van der Waals surface area contributed by atoms with Crippen LogP contribution in [0.2, 0.25) is 0 Å². The van der Waals surface area contributed by atoms with Gasteiger partial charge in [0.2, 0.25) is 0 Å². The molecule has 3 rings (SSSR count). The number of aliphatic hydroxyl groups excluding tert-OH is 1. The molecule has 0 unspecified atom stereocenters. The SMILES string of the molecule is CC(C)(C)c1noc(-c2cccnc2N2CCC(O)CC2)n1. The highest BCUT2D eigenvalue weighted by Crippen LogP contribution is 2.31. The maximum Gasteiger partial charge on any atom is 0.261 e. The number of anilines is 1. The first-order chi connectivity index (χ1) is 10.4. The summed E-state index contributed by atoms with van der Waals surface area (Å²) in [6.45, 7) is 7.73. The zero-order chi connectivity index (χ0) is 15.7. The van der Waals surface area contributed by atoms with Crippen LogP contribution in [0.4, 0.5) is 5.82 Å². The molecule has 0 aliphatic carbocycles. The molecule has 0 spiro atoms.